The van der Waals surface area contributed by atoms with Crippen molar-refractivity contribution < 1.29 is 10.2 Å². The molecule has 174 valence electrons. The molecule has 2 unspecified atom stereocenters. The van der Waals surface area contributed by atoms with E-state index in [4.69, 9.17) is 0 Å². The Balaban J connectivity index is 2.02. The SMILES string of the molecule is CCCCCCCCC(CCCn1c(O)ccc1O)N1CCC(C)C(C)(C)C1(C)C. The Morgan fingerprint density at radius 1 is 0.933 bits per heavy atom. The highest BCUT2D eigenvalue weighted by molar-refractivity contribution is 5.23. The van der Waals surface area contributed by atoms with Gasteiger partial charge in [-0.3, -0.25) is 9.47 Å². The van der Waals surface area contributed by atoms with Gasteiger partial charge in [-0.2, -0.15) is 0 Å². The average molecular weight is 421 g/mol. The zero-order chi connectivity index (χ0) is 22.4. The smallest absolute Gasteiger partial charge is 0.193 e. The first-order valence-electron chi connectivity index (χ1n) is 12.5. The monoisotopic (exact) mass is 420 g/mol. The van der Waals surface area contributed by atoms with E-state index in [-0.39, 0.29) is 22.7 Å². The Kier molecular flexibility index (Phi) is 9.14. The molecule has 0 amide bonds. The lowest BCUT2D eigenvalue weighted by atomic mass is 9.61. The highest BCUT2D eigenvalue weighted by Crippen LogP contribution is 2.48. The van der Waals surface area contributed by atoms with E-state index in [9.17, 15) is 10.2 Å². The third-order valence-corrected chi connectivity index (χ3v) is 8.52. The number of hydrogen-bond acceptors (Lipinski definition) is 3. The fraction of sp³-hybridized carbons (Fsp3) is 0.846. The summed E-state index contributed by atoms with van der Waals surface area (Å²) in [4.78, 5) is 2.80. The highest BCUT2D eigenvalue weighted by Gasteiger charge is 2.49. The zero-order valence-corrected chi connectivity index (χ0v) is 20.6. The summed E-state index contributed by atoms with van der Waals surface area (Å²) in [6.07, 6.45) is 12.6. The van der Waals surface area contributed by atoms with Gasteiger partial charge in [0.15, 0.2) is 11.8 Å². The first-order valence-corrected chi connectivity index (χ1v) is 12.5. The van der Waals surface area contributed by atoms with Crippen LogP contribution in [0.5, 0.6) is 11.8 Å². The average Bonchev–Trinajstić information content (AvgIpc) is 3.00. The summed E-state index contributed by atoms with van der Waals surface area (Å²) in [5, 5.41) is 19.9. The molecule has 30 heavy (non-hydrogen) atoms. The van der Waals surface area contributed by atoms with Gasteiger partial charge in [-0.1, -0.05) is 66.2 Å². The van der Waals surface area contributed by atoms with Crippen LogP contribution in [0.4, 0.5) is 0 Å². The number of piperidine rings is 1. The van der Waals surface area contributed by atoms with Crippen LogP contribution < -0.4 is 0 Å². The molecule has 0 radical (unpaired) electrons. The lowest BCUT2D eigenvalue weighted by molar-refractivity contribution is -0.0918. The molecule has 2 rings (SSSR count). The molecule has 1 aromatic heterocycles. The van der Waals surface area contributed by atoms with E-state index in [2.05, 4.69) is 46.4 Å². The van der Waals surface area contributed by atoms with E-state index in [1.54, 1.807) is 16.7 Å². The van der Waals surface area contributed by atoms with Crippen molar-refractivity contribution in [3.8, 4) is 11.8 Å². The maximum Gasteiger partial charge on any atom is 0.193 e. The third kappa shape index (κ3) is 5.75. The molecule has 0 aromatic carbocycles. The predicted molar refractivity (Wildman–Crippen MR) is 127 cm³/mol. The van der Waals surface area contributed by atoms with Crippen molar-refractivity contribution in [3.05, 3.63) is 12.1 Å². The van der Waals surface area contributed by atoms with Crippen LogP contribution in [0.3, 0.4) is 0 Å². The van der Waals surface area contributed by atoms with E-state index in [0.29, 0.717) is 12.6 Å². The Labute approximate surface area is 185 Å². The number of aromatic nitrogens is 1. The van der Waals surface area contributed by atoms with Crippen molar-refractivity contribution in [2.24, 2.45) is 11.3 Å². The van der Waals surface area contributed by atoms with Gasteiger partial charge < -0.3 is 10.2 Å². The second-order valence-corrected chi connectivity index (χ2v) is 10.7. The Bertz CT molecular complexity index is 615. The van der Waals surface area contributed by atoms with Crippen molar-refractivity contribution >= 4 is 0 Å². The topological polar surface area (TPSA) is 48.6 Å². The Hall–Kier alpha value is -1.16. The molecule has 0 aliphatic carbocycles. The number of aromatic hydroxyl groups is 2. The minimum absolute atomic E-state index is 0.160. The fourth-order valence-electron chi connectivity index (χ4n) is 5.36. The van der Waals surface area contributed by atoms with Gasteiger partial charge in [0.25, 0.3) is 0 Å². The third-order valence-electron chi connectivity index (χ3n) is 8.52. The van der Waals surface area contributed by atoms with Crippen LogP contribution in [0.1, 0.15) is 106 Å². The predicted octanol–water partition coefficient (Wildman–Crippen LogP) is 6.95. The summed E-state index contributed by atoms with van der Waals surface area (Å²) in [6.45, 7) is 16.3. The molecule has 0 spiro atoms. The highest BCUT2D eigenvalue weighted by atomic mass is 16.3. The van der Waals surface area contributed by atoms with Crippen molar-refractivity contribution in [1.82, 2.24) is 9.47 Å². The molecule has 1 fully saturated rings. The first kappa shape index (κ1) is 25.1. The molecule has 2 atom stereocenters. The zero-order valence-electron chi connectivity index (χ0n) is 20.6. The van der Waals surface area contributed by atoms with Crippen LogP contribution in [0, 0.1) is 11.3 Å². The van der Waals surface area contributed by atoms with Gasteiger partial charge >= 0.3 is 0 Å². The number of unbranched alkanes of at least 4 members (excludes halogenated alkanes) is 5. The minimum atomic E-state index is 0.160. The van der Waals surface area contributed by atoms with Crippen LogP contribution in [0.2, 0.25) is 0 Å². The standard InChI is InChI=1S/C26H48N2O2/c1-7-8-9-10-11-12-14-22(15-13-19-27-23(29)16-17-24(27)30)28-20-18-21(2)25(3,4)26(28,5)6/h16-17,21-22,29-30H,7-15,18-20H2,1-6H3. The largest absolute Gasteiger partial charge is 0.494 e. The molecule has 0 bridgehead atoms. The normalized spacial score (nSPS) is 22.3. The van der Waals surface area contributed by atoms with E-state index < -0.39 is 0 Å². The molecule has 1 saturated heterocycles. The number of rotatable bonds is 12. The van der Waals surface area contributed by atoms with Crippen LogP contribution >= 0.6 is 0 Å². The number of hydrogen-bond donors (Lipinski definition) is 2. The Morgan fingerprint density at radius 3 is 2.13 bits per heavy atom. The van der Waals surface area contributed by atoms with Crippen molar-refractivity contribution in [3.63, 3.8) is 0 Å². The molecule has 1 aliphatic rings. The second kappa shape index (κ2) is 10.9. The lowest BCUT2D eigenvalue weighted by Crippen LogP contribution is -2.63. The van der Waals surface area contributed by atoms with Gasteiger partial charge in [-0.25, -0.2) is 0 Å². The van der Waals surface area contributed by atoms with Gasteiger partial charge in [-0.15, -0.1) is 0 Å². The van der Waals surface area contributed by atoms with Crippen LogP contribution in [0.25, 0.3) is 0 Å². The van der Waals surface area contributed by atoms with Gasteiger partial charge in [0, 0.05) is 30.3 Å². The van der Waals surface area contributed by atoms with Gasteiger partial charge in [0.2, 0.25) is 0 Å². The summed E-state index contributed by atoms with van der Waals surface area (Å²) in [7, 11) is 0. The molecule has 2 N–H and O–H groups in total. The van der Waals surface area contributed by atoms with Gasteiger partial charge in [0.1, 0.15) is 0 Å². The quantitative estimate of drug-likeness (QED) is 0.360. The molecule has 0 saturated carbocycles. The fourth-order valence-corrected chi connectivity index (χ4v) is 5.36. The maximum absolute atomic E-state index is 9.96. The molecular formula is C26H48N2O2. The summed E-state index contributed by atoms with van der Waals surface area (Å²) in [5.74, 6) is 1.05. The first-order chi connectivity index (χ1) is 14.1. The van der Waals surface area contributed by atoms with Crippen LogP contribution in [0.15, 0.2) is 12.1 Å². The van der Waals surface area contributed by atoms with Gasteiger partial charge in [-0.05, 0) is 57.4 Å². The molecular weight excluding hydrogens is 372 g/mol. The summed E-state index contributed by atoms with van der Waals surface area (Å²) < 4.78 is 1.62. The maximum atomic E-state index is 9.96. The lowest BCUT2D eigenvalue weighted by Gasteiger charge is -2.59. The molecule has 4 nitrogen and oxygen atoms in total. The summed E-state index contributed by atoms with van der Waals surface area (Å²) in [5.41, 5.74) is 0.441. The molecule has 4 heteroatoms. The molecule has 1 aliphatic heterocycles. The Morgan fingerprint density at radius 2 is 1.50 bits per heavy atom. The van der Waals surface area contributed by atoms with Gasteiger partial charge in [0.05, 0.1) is 0 Å². The molecule has 1 aromatic rings. The molecule has 2 heterocycles. The van der Waals surface area contributed by atoms with Crippen LogP contribution in [-0.4, -0.2) is 37.8 Å². The number of likely N-dealkylation sites (tertiary alicyclic amines) is 1. The summed E-state index contributed by atoms with van der Waals surface area (Å²) in [6, 6.07) is 3.71. The van der Waals surface area contributed by atoms with E-state index in [1.807, 2.05) is 0 Å². The van der Waals surface area contributed by atoms with Crippen molar-refractivity contribution in [2.75, 3.05) is 6.54 Å². The van der Waals surface area contributed by atoms with Crippen LogP contribution in [-0.2, 0) is 6.54 Å². The summed E-state index contributed by atoms with van der Waals surface area (Å²) >= 11 is 0. The van der Waals surface area contributed by atoms with E-state index in [1.165, 1.54) is 57.9 Å². The van der Waals surface area contributed by atoms with E-state index in [0.717, 1.165) is 18.8 Å². The van der Waals surface area contributed by atoms with E-state index >= 15 is 0 Å². The minimum Gasteiger partial charge on any atom is -0.494 e. The number of nitrogens with zero attached hydrogens (tertiary/aromatic N) is 2. The second-order valence-electron chi connectivity index (χ2n) is 10.7. The van der Waals surface area contributed by atoms with Crippen molar-refractivity contribution in [2.45, 2.75) is 124 Å². The van der Waals surface area contributed by atoms with Crippen molar-refractivity contribution in [1.29, 1.82) is 0 Å².